The van der Waals surface area contributed by atoms with Crippen molar-refractivity contribution < 1.29 is 4.92 Å². The van der Waals surface area contributed by atoms with Crippen molar-refractivity contribution in [2.75, 3.05) is 5.01 Å². The minimum absolute atomic E-state index is 0.0257. The highest BCUT2D eigenvalue weighted by molar-refractivity contribution is 6.33. The Kier molecular flexibility index (Phi) is 2.27. The van der Waals surface area contributed by atoms with Gasteiger partial charge in [-0.05, 0) is 12.5 Å². The maximum absolute atomic E-state index is 10.8. The highest BCUT2D eigenvalue weighted by atomic mass is 35.5. The molecule has 2 heterocycles. The number of non-ortho nitro benzene ring substituents is 1. The first-order chi connectivity index (χ1) is 10.6. The molecule has 1 aromatic carbocycles. The number of anilines is 1. The average molecular weight is 319 g/mol. The molecule has 2 saturated carbocycles. The summed E-state index contributed by atoms with van der Waals surface area (Å²) in [5, 5.41) is 30.2. The number of nitro groups is 1. The van der Waals surface area contributed by atoms with Crippen molar-refractivity contribution in [2.45, 2.75) is 30.6 Å². The molecule has 0 amide bonds. The third-order valence-electron chi connectivity index (χ3n) is 5.28. The van der Waals surface area contributed by atoms with E-state index >= 15 is 0 Å². The molecular formula is C13H11ClN6O2. The lowest BCUT2D eigenvalue weighted by Crippen LogP contribution is -2.52. The van der Waals surface area contributed by atoms with Crippen LogP contribution in [-0.4, -0.2) is 29.1 Å². The summed E-state index contributed by atoms with van der Waals surface area (Å²) in [6.45, 7) is 0. The maximum atomic E-state index is 10.8. The minimum atomic E-state index is -0.458. The number of hydrogen-bond acceptors (Lipinski definition) is 7. The van der Waals surface area contributed by atoms with Crippen LogP contribution < -0.4 is 5.01 Å². The number of azo groups is 1. The zero-order chi connectivity index (χ0) is 15.0. The van der Waals surface area contributed by atoms with Crippen molar-refractivity contribution in [3.05, 3.63) is 33.3 Å². The Morgan fingerprint density at radius 3 is 2.64 bits per heavy atom. The van der Waals surface area contributed by atoms with Crippen LogP contribution in [0, 0.1) is 22.0 Å². The highest BCUT2D eigenvalue weighted by Crippen LogP contribution is 2.57. The van der Waals surface area contributed by atoms with Gasteiger partial charge in [0.15, 0.2) is 0 Å². The van der Waals surface area contributed by atoms with Crippen LogP contribution in [0.1, 0.15) is 6.42 Å². The predicted molar refractivity (Wildman–Crippen MR) is 77.0 cm³/mol. The lowest BCUT2D eigenvalue weighted by Gasteiger charge is -2.38. The molecule has 2 aliphatic carbocycles. The molecule has 9 heteroatoms. The number of nitrogens with zero attached hydrogens (tertiary/aromatic N) is 6. The Balaban J connectivity index is 1.51. The standard InChI is InChI=1S/C13H11ClN6O2/c14-8-3-5(20(21)22)1-2-9(8)19-13-7-4-6(12(13)17-18-19)10-11(7)16-15-10/h1-3,6-7,10-13H,4H2/t6-,7+,10+,11-,12-,13+/m0/s1. The quantitative estimate of drug-likeness (QED) is 0.619. The Bertz CT molecular complexity index is 752. The first-order valence-electron chi connectivity index (χ1n) is 7.19. The van der Waals surface area contributed by atoms with Crippen molar-refractivity contribution in [1.82, 2.24) is 0 Å². The molecule has 0 N–H and O–H groups in total. The molecular weight excluding hydrogens is 308 g/mol. The fourth-order valence-corrected chi connectivity index (χ4v) is 4.60. The van der Waals surface area contributed by atoms with Crippen molar-refractivity contribution in [3.8, 4) is 0 Å². The van der Waals surface area contributed by atoms with Crippen LogP contribution in [0.4, 0.5) is 11.4 Å². The lowest BCUT2D eigenvalue weighted by atomic mass is 9.82. The summed E-state index contributed by atoms with van der Waals surface area (Å²) in [5.74, 6) is 0.807. The van der Waals surface area contributed by atoms with E-state index in [0.717, 1.165) is 6.42 Å². The van der Waals surface area contributed by atoms with Crippen LogP contribution in [0.25, 0.3) is 0 Å². The topological polar surface area (TPSA) is 95.8 Å². The molecule has 0 aromatic heterocycles. The van der Waals surface area contributed by atoms with E-state index in [1.807, 2.05) is 5.01 Å². The van der Waals surface area contributed by atoms with Crippen molar-refractivity contribution in [3.63, 3.8) is 0 Å². The first-order valence-corrected chi connectivity index (χ1v) is 7.57. The largest absolute Gasteiger partial charge is 0.271 e. The van der Waals surface area contributed by atoms with E-state index in [9.17, 15) is 10.1 Å². The van der Waals surface area contributed by atoms with E-state index in [1.165, 1.54) is 12.1 Å². The third kappa shape index (κ3) is 1.38. The fourth-order valence-electron chi connectivity index (χ4n) is 4.34. The molecule has 6 atom stereocenters. The minimum Gasteiger partial charge on any atom is -0.258 e. The number of rotatable bonds is 2. The SMILES string of the molecule is O=[N+]([O-])c1ccc(N2N=N[C@H]3[C@H]4C[C@H]([C@@H]5N=N[C@H]45)[C@H]32)c(Cl)c1. The predicted octanol–water partition coefficient (Wildman–Crippen LogP) is 3.03. The van der Waals surface area contributed by atoms with Gasteiger partial charge in [-0.2, -0.15) is 15.3 Å². The second-order valence-corrected chi connectivity index (χ2v) is 6.61. The molecule has 22 heavy (non-hydrogen) atoms. The Morgan fingerprint density at radius 2 is 1.95 bits per heavy atom. The number of halogens is 1. The molecule has 2 aliphatic heterocycles. The summed E-state index contributed by atoms with van der Waals surface area (Å²) in [6.07, 6.45) is 1.07. The first kappa shape index (κ1) is 12.5. The molecule has 0 saturated heterocycles. The summed E-state index contributed by atoms with van der Waals surface area (Å²) in [7, 11) is 0. The molecule has 2 fully saturated rings. The van der Waals surface area contributed by atoms with Gasteiger partial charge >= 0.3 is 0 Å². The van der Waals surface area contributed by atoms with E-state index in [0.29, 0.717) is 28.6 Å². The van der Waals surface area contributed by atoms with E-state index in [1.54, 1.807) is 6.07 Å². The summed E-state index contributed by atoms with van der Waals surface area (Å²) in [6, 6.07) is 5.34. The lowest BCUT2D eigenvalue weighted by molar-refractivity contribution is -0.384. The molecule has 112 valence electrons. The van der Waals surface area contributed by atoms with Gasteiger partial charge in [0.1, 0.15) is 18.1 Å². The Labute approximate surface area is 130 Å². The third-order valence-corrected chi connectivity index (χ3v) is 5.59. The zero-order valence-corrected chi connectivity index (χ0v) is 12.0. The van der Waals surface area contributed by atoms with Gasteiger partial charge < -0.3 is 0 Å². The average Bonchev–Trinajstić information content (AvgIpc) is 3.06. The second-order valence-electron chi connectivity index (χ2n) is 6.20. The number of nitro benzene ring substituents is 1. The number of benzene rings is 1. The molecule has 5 rings (SSSR count). The van der Waals surface area contributed by atoms with Gasteiger partial charge in [0.05, 0.1) is 21.7 Å². The van der Waals surface area contributed by atoms with E-state index < -0.39 is 4.92 Å². The number of hydrogen-bond donors (Lipinski definition) is 0. The summed E-state index contributed by atoms with van der Waals surface area (Å²) >= 11 is 6.24. The van der Waals surface area contributed by atoms with E-state index in [-0.39, 0.29) is 23.8 Å². The van der Waals surface area contributed by atoms with Crippen LogP contribution in [0.3, 0.4) is 0 Å². The molecule has 0 radical (unpaired) electrons. The van der Waals surface area contributed by atoms with Gasteiger partial charge in [-0.1, -0.05) is 16.8 Å². The van der Waals surface area contributed by atoms with Crippen LogP contribution >= 0.6 is 11.6 Å². The van der Waals surface area contributed by atoms with Gasteiger partial charge in [0, 0.05) is 24.0 Å². The Morgan fingerprint density at radius 1 is 1.18 bits per heavy atom. The Hall–Kier alpha value is -2.09. The van der Waals surface area contributed by atoms with Crippen LogP contribution in [-0.2, 0) is 0 Å². The summed E-state index contributed by atoms with van der Waals surface area (Å²) < 4.78 is 0. The van der Waals surface area contributed by atoms with E-state index in [4.69, 9.17) is 11.6 Å². The fraction of sp³-hybridized carbons (Fsp3) is 0.538. The maximum Gasteiger partial charge on any atom is 0.271 e. The molecule has 0 unspecified atom stereocenters. The smallest absolute Gasteiger partial charge is 0.258 e. The molecule has 1 aromatic rings. The van der Waals surface area contributed by atoms with Crippen molar-refractivity contribution in [1.29, 1.82) is 0 Å². The van der Waals surface area contributed by atoms with Crippen LogP contribution in [0.2, 0.25) is 5.02 Å². The molecule has 4 aliphatic rings. The van der Waals surface area contributed by atoms with Gasteiger partial charge in [-0.25, -0.2) is 5.01 Å². The second kappa shape index (κ2) is 4.01. The van der Waals surface area contributed by atoms with Gasteiger partial charge in [-0.3, -0.25) is 10.1 Å². The van der Waals surface area contributed by atoms with Crippen LogP contribution in [0.15, 0.2) is 38.8 Å². The zero-order valence-electron chi connectivity index (χ0n) is 11.3. The molecule has 2 bridgehead atoms. The van der Waals surface area contributed by atoms with E-state index in [2.05, 4.69) is 20.6 Å². The van der Waals surface area contributed by atoms with Crippen LogP contribution in [0.5, 0.6) is 0 Å². The number of fused-ring (bicyclic) bond motifs is 8. The van der Waals surface area contributed by atoms with Crippen molar-refractivity contribution in [2.24, 2.45) is 32.4 Å². The molecule has 0 spiro atoms. The van der Waals surface area contributed by atoms with Gasteiger partial charge in [0.25, 0.3) is 5.69 Å². The van der Waals surface area contributed by atoms with Gasteiger partial charge in [0.2, 0.25) is 0 Å². The summed E-state index contributed by atoms with van der Waals surface area (Å²) in [5.41, 5.74) is 0.645. The summed E-state index contributed by atoms with van der Waals surface area (Å²) in [4.78, 5) is 10.4. The normalized spacial score (nSPS) is 39.8. The molecule has 8 nitrogen and oxygen atoms in total. The van der Waals surface area contributed by atoms with Gasteiger partial charge in [-0.15, -0.1) is 0 Å². The van der Waals surface area contributed by atoms with Crippen molar-refractivity contribution >= 4 is 23.0 Å². The highest BCUT2D eigenvalue weighted by Gasteiger charge is 2.65. The monoisotopic (exact) mass is 318 g/mol.